The van der Waals surface area contributed by atoms with Crippen LogP contribution in [-0.4, -0.2) is 14.8 Å². The summed E-state index contributed by atoms with van der Waals surface area (Å²) in [5, 5.41) is 3.97. The summed E-state index contributed by atoms with van der Waals surface area (Å²) in [5.74, 6) is 0.929. The van der Waals surface area contributed by atoms with E-state index in [0.29, 0.717) is 17.3 Å². The van der Waals surface area contributed by atoms with E-state index in [-0.39, 0.29) is 0 Å². The molecule has 0 aliphatic carbocycles. The molecule has 0 bridgehead atoms. The van der Waals surface area contributed by atoms with Crippen molar-refractivity contribution in [3.8, 4) is 5.82 Å². The molecule has 5 heteroatoms. The molecule has 0 aliphatic heterocycles. The van der Waals surface area contributed by atoms with E-state index in [1.165, 1.54) is 10.9 Å². The lowest BCUT2D eigenvalue weighted by molar-refractivity contribution is 0.857. The highest BCUT2D eigenvalue weighted by atomic mass is 15.3. The topological polar surface area (TPSA) is 61.1 Å². The maximum Gasteiger partial charge on any atom is 0.247 e. The molecule has 0 aliphatic rings. The number of hydrogen-bond acceptors (Lipinski definition) is 3. The first kappa shape index (κ1) is 8.26. The minimum atomic E-state index is 0.318. The van der Waals surface area contributed by atoms with Gasteiger partial charge in [0, 0.05) is 6.20 Å². The average molecular weight is 185 g/mol. The lowest BCUT2D eigenvalue weighted by atomic mass is 10.4. The first-order valence-corrected chi connectivity index (χ1v) is 3.95. The molecule has 0 aromatic carbocycles. The number of rotatable bonds is 1. The molecule has 0 spiro atoms. The van der Waals surface area contributed by atoms with E-state index in [4.69, 9.17) is 12.3 Å². The van der Waals surface area contributed by atoms with Crippen molar-refractivity contribution in [3.63, 3.8) is 0 Å². The molecule has 68 valence electrons. The van der Waals surface area contributed by atoms with E-state index in [2.05, 4.69) is 14.9 Å². The largest absolute Gasteiger partial charge is 0.392 e. The van der Waals surface area contributed by atoms with E-state index in [1.807, 2.05) is 6.07 Å². The van der Waals surface area contributed by atoms with Crippen molar-refractivity contribution in [2.24, 2.45) is 0 Å². The van der Waals surface area contributed by atoms with Crippen LogP contribution in [0, 0.1) is 6.57 Å². The maximum atomic E-state index is 6.83. The molecule has 0 atom stereocenters. The van der Waals surface area contributed by atoms with Gasteiger partial charge in [-0.05, 0) is 12.1 Å². The van der Waals surface area contributed by atoms with Crippen molar-refractivity contribution >= 4 is 11.5 Å². The Morgan fingerprint density at radius 3 is 2.86 bits per heavy atom. The van der Waals surface area contributed by atoms with Crippen LogP contribution in [0.5, 0.6) is 0 Å². The van der Waals surface area contributed by atoms with Crippen LogP contribution in [-0.2, 0) is 0 Å². The van der Waals surface area contributed by atoms with Crippen molar-refractivity contribution < 1.29 is 0 Å². The molecule has 0 unspecified atom stereocenters. The standard InChI is InChI=1S/C9H7N5/c1-11-7-6-13-14(9(7)10)8-4-2-3-5-12-8/h2-6H,10H2. The molecule has 2 aromatic heterocycles. The molecule has 2 rings (SSSR count). The van der Waals surface area contributed by atoms with E-state index in [9.17, 15) is 0 Å². The van der Waals surface area contributed by atoms with Crippen LogP contribution in [0.4, 0.5) is 11.5 Å². The Kier molecular flexibility index (Phi) is 1.88. The number of aromatic nitrogens is 3. The van der Waals surface area contributed by atoms with Gasteiger partial charge in [0.25, 0.3) is 0 Å². The quantitative estimate of drug-likeness (QED) is 0.683. The zero-order chi connectivity index (χ0) is 9.97. The van der Waals surface area contributed by atoms with Gasteiger partial charge in [-0.25, -0.2) is 14.5 Å². The molecular weight excluding hydrogens is 178 g/mol. The third-order valence-electron chi connectivity index (χ3n) is 1.77. The van der Waals surface area contributed by atoms with Gasteiger partial charge in [0.2, 0.25) is 5.69 Å². The first-order valence-electron chi connectivity index (χ1n) is 3.95. The van der Waals surface area contributed by atoms with Crippen LogP contribution in [0.25, 0.3) is 10.7 Å². The highest BCUT2D eigenvalue weighted by Gasteiger charge is 2.08. The lowest BCUT2D eigenvalue weighted by Gasteiger charge is -2.01. The first-order chi connectivity index (χ1) is 6.83. The summed E-state index contributed by atoms with van der Waals surface area (Å²) in [5.41, 5.74) is 6.04. The Hall–Kier alpha value is -2.35. The number of nitrogens with zero attached hydrogens (tertiary/aromatic N) is 4. The van der Waals surface area contributed by atoms with E-state index < -0.39 is 0 Å². The number of nitrogen functional groups attached to an aromatic ring is 1. The monoisotopic (exact) mass is 185 g/mol. The Balaban J connectivity index is 2.54. The summed E-state index contributed by atoms with van der Waals surface area (Å²) < 4.78 is 1.44. The normalized spacial score (nSPS) is 9.64. The van der Waals surface area contributed by atoms with Gasteiger partial charge in [0.1, 0.15) is 5.82 Å². The van der Waals surface area contributed by atoms with Gasteiger partial charge in [-0.1, -0.05) is 6.07 Å². The summed E-state index contributed by atoms with van der Waals surface area (Å²) in [6.07, 6.45) is 3.07. The van der Waals surface area contributed by atoms with Crippen LogP contribution in [0.3, 0.4) is 0 Å². The second-order valence-electron chi connectivity index (χ2n) is 2.63. The Labute approximate surface area is 80.6 Å². The summed E-state index contributed by atoms with van der Waals surface area (Å²) in [6, 6.07) is 5.41. The Bertz CT molecular complexity index is 480. The molecule has 0 amide bonds. The molecule has 2 N–H and O–H groups in total. The predicted octanol–water partition coefficient (Wildman–Crippen LogP) is 1.40. The van der Waals surface area contributed by atoms with Crippen molar-refractivity contribution in [1.29, 1.82) is 0 Å². The van der Waals surface area contributed by atoms with Crippen molar-refractivity contribution in [2.45, 2.75) is 0 Å². The van der Waals surface area contributed by atoms with Gasteiger partial charge in [-0.15, -0.1) is 0 Å². The molecule has 0 saturated heterocycles. The molecule has 0 fully saturated rings. The van der Waals surface area contributed by atoms with Crippen LogP contribution in [0.15, 0.2) is 30.6 Å². The van der Waals surface area contributed by atoms with E-state index in [1.54, 1.807) is 18.3 Å². The van der Waals surface area contributed by atoms with E-state index in [0.717, 1.165) is 0 Å². The number of hydrogen-bond donors (Lipinski definition) is 1. The highest BCUT2D eigenvalue weighted by molar-refractivity contribution is 5.63. The zero-order valence-electron chi connectivity index (χ0n) is 7.25. The smallest absolute Gasteiger partial charge is 0.247 e. The fourth-order valence-electron chi connectivity index (χ4n) is 1.10. The fraction of sp³-hybridized carbons (Fsp3) is 0. The minimum Gasteiger partial charge on any atom is -0.392 e. The molecule has 5 nitrogen and oxygen atoms in total. The molecular formula is C9H7N5. The van der Waals surface area contributed by atoms with Gasteiger partial charge in [0.15, 0.2) is 5.82 Å². The number of nitrogens with two attached hydrogens (primary N) is 1. The molecule has 2 aromatic rings. The SMILES string of the molecule is [C-]#[N+]c1cnn(-c2ccccn2)c1N. The Morgan fingerprint density at radius 2 is 2.29 bits per heavy atom. The molecule has 14 heavy (non-hydrogen) atoms. The van der Waals surface area contributed by atoms with E-state index >= 15 is 0 Å². The molecule has 0 radical (unpaired) electrons. The molecule has 0 saturated carbocycles. The summed E-state index contributed by atoms with van der Waals surface area (Å²) in [7, 11) is 0. The van der Waals surface area contributed by atoms with Gasteiger partial charge in [-0.2, -0.15) is 5.10 Å². The van der Waals surface area contributed by atoms with Crippen molar-refractivity contribution in [1.82, 2.24) is 14.8 Å². The number of anilines is 1. The second kappa shape index (κ2) is 3.18. The summed E-state index contributed by atoms with van der Waals surface area (Å²) >= 11 is 0. The predicted molar refractivity (Wildman–Crippen MR) is 52.0 cm³/mol. The third kappa shape index (κ3) is 1.19. The second-order valence-corrected chi connectivity index (χ2v) is 2.63. The van der Waals surface area contributed by atoms with Gasteiger partial charge >= 0.3 is 0 Å². The summed E-state index contributed by atoms with van der Waals surface area (Å²) in [4.78, 5) is 7.31. The van der Waals surface area contributed by atoms with Crippen LogP contribution >= 0.6 is 0 Å². The van der Waals surface area contributed by atoms with Gasteiger partial charge in [0.05, 0.1) is 12.8 Å². The minimum absolute atomic E-state index is 0.318. The Morgan fingerprint density at radius 1 is 1.43 bits per heavy atom. The third-order valence-corrected chi connectivity index (χ3v) is 1.77. The lowest BCUT2D eigenvalue weighted by Crippen LogP contribution is -2.02. The van der Waals surface area contributed by atoms with Gasteiger partial charge in [-0.3, -0.25) is 0 Å². The summed E-state index contributed by atoms with van der Waals surface area (Å²) in [6.45, 7) is 6.83. The maximum absolute atomic E-state index is 6.83. The van der Waals surface area contributed by atoms with Crippen LogP contribution in [0.1, 0.15) is 0 Å². The molecule has 2 heterocycles. The van der Waals surface area contributed by atoms with Gasteiger partial charge < -0.3 is 5.73 Å². The highest BCUT2D eigenvalue weighted by Crippen LogP contribution is 2.22. The zero-order valence-corrected chi connectivity index (χ0v) is 7.25. The van der Waals surface area contributed by atoms with Crippen molar-refractivity contribution in [2.75, 3.05) is 5.73 Å². The van der Waals surface area contributed by atoms with Crippen LogP contribution < -0.4 is 5.73 Å². The fourth-order valence-corrected chi connectivity index (χ4v) is 1.10. The average Bonchev–Trinajstić information content (AvgIpc) is 2.61. The van der Waals surface area contributed by atoms with Crippen LogP contribution in [0.2, 0.25) is 0 Å². The number of pyridine rings is 1. The van der Waals surface area contributed by atoms with Crippen molar-refractivity contribution in [3.05, 3.63) is 42.0 Å².